The van der Waals surface area contributed by atoms with Gasteiger partial charge in [0, 0.05) is 0 Å². The van der Waals surface area contributed by atoms with E-state index in [9.17, 15) is 4.79 Å². The lowest BCUT2D eigenvalue weighted by Crippen LogP contribution is -2.09. The molecule has 4 nitrogen and oxygen atoms in total. The fraction of sp³-hybridized carbons (Fsp3) is 0.375. The van der Waals surface area contributed by atoms with Crippen LogP contribution in [0.15, 0.2) is 16.7 Å². The van der Waals surface area contributed by atoms with Crippen LogP contribution in [0.4, 0.5) is 0 Å². The Labute approximate surface area is 70.5 Å². The first-order valence-corrected chi connectivity index (χ1v) is 3.59. The molecular formula is C8H11NO3. The van der Waals surface area contributed by atoms with Crippen LogP contribution in [0.25, 0.3) is 0 Å². The molecule has 0 spiro atoms. The van der Waals surface area contributed by atoms with Gasteiger partial charge < -0.3 is 14.5 Å². The molecule has 1 aromatic rings. The molecule has 0 saturated carbocycles. The van der Waals surface area contributed by atoms with Crippen LogP contribution in [0, 0.1) is 0 Å². The second kappa shape index (κ2) is 3.92. The van der Waals surface area contributed by atoms with Crippen molar-refractivity contribution >= 4 is 5.97 Å². The van der Waals surface area contributed by atoms with Crippen LogP contribution in [0.1, 0.15) is 16.1 Å². The van der Waals surface area contributed by atoms with Crippen molar-refractivity contribution in [1.82, 2.24) is 5.32 Å². The van der Waals surface area contributed by atoms with Gasteiger partial charge in [-0.2, -0.15) is 0 Å². The Morgan fingerprint density at radius 2 is 2.50 bits per heavy atom. The Bertz CT molecular complexity index is 267. The van der Waals surface area contributed by atoms with Crippen LogP contribution < -0.4 is 5.32 Å². The quantitative estimate of drug-likeness (QED) is 0.679. The van der Waals surface area contributed by atoms with E-state index in [1.807, 2.05) is 0 Å². The molecule has 0 fully saturated rings. The van der Waals surface area contributed by atoms with Crippen molar-refractivity contribution in [2.75, 3.05) is 14.2 Å². The molecule has 1 heterocycles. The van der Waals surface area contributed by atoms with Gasteiger partial charge in [-0.15, -0.1) is 0 Å². The van der Waals surface area contributed by atoms with Crippen LogP contribution in [0.5, 0.6) is 0 Å². The van der Waals surface area contributed by atoms with Crippen LogP contribution in [0.3, 0.4) is 0 Å². The molecule has 0 bridgehead atoms. The molecule has 0 unspecified atom stereocenters. The molecule has 0 radical (unpaired) electrons. The molecule has 1 rings (SSSR count). The number of carbonyl (C=O) groups is 1. The number of methoxy groups -OCH3 is 1. The summed E-state index contributed by atoms with van der Waals surface area (Å²) in [7, 11) is 3.13. The molecule has 4 heteroatoms. The summed E-state index contributed by atoms with van der Waals surface area (Å²) in [6, 6.07) is 1.60. The van der Waals surface area contributed by atoms with Gasteiger partial charge >= 0.3 is 5.97 Å². The van der Waals surface area contributed by atoms with E-state index in [1.54, 1.807) is 13.1 Å². The molecule has 0 aliphatic carbocycles. The predicted octanol–water partition coefficient (Wildman–Crippen LogP) is 0.786. The van der Waals surface area contributed by atoms with E-state index in [2.05, 4.69) is 10.1 Å². The molecule has 66 valence electrons. The average molecular weight is 169 g/mol. The molecule has 12 heavy (non-hydrogen) atoms. The number of furan rings is 1. The number of esters is 1. The van der Waals surface area contributed by atoms with Gasteiger partial charge in [-0.25, -0.2) is 4.79 Å². The van der Waals surface area contributed by atoms with E-state index >= 15 is 0 Å². The lowest BCUT2D eigenvalue weighted by Gasteiger charge is -1.98. The minimum Gasteiger partial charge on any atom is -0.467 e. The molecule has 0 saturated heterocycles. The molecule has 1 N–H and O–H groups in total. The van der Waals surface area contributed by atoms with Gasteiger partial charge in [0.15, 0.2) is 0 Å². The Hall–Kier alpha value is -1.29. The van der Waals surface area contributed by atoms with Crippen molar-refractivity contribution in [3.8, 4) is 0 Å². The number of carbonyl (C=O) groups excluding carboxylic acids is 1. The van der Waals surface area contributed by atoms with Crippen molar-refractivity contribution in [3.05, 3.63) is 23.7 Å². The average Bonchev–Trinajstić information content (AvgIpc) is 2.52. The lowest BCUT2D eigenvalue weighted by atomic mass is 10.2. The summed E-state index contributed by atoms with van der Waals surface area (Å²) in [5.41, 5.74) is 0.479. The maximum Gasteiger partial charge on any atom is 0.341 e. The van der Waals surface area contributed by atoms with Crippen molar-refractivity contribution in [1.29, 1.82) is 0 Å². The van der Waals surface area contributed by atoms with Crippen molar-refractivity contribution < 1.29 is 13.9 Å². The maximum absolute atomic E-state index is 11.1. The van der Waals surface area contributed by atoms with Crippen molar-refractivity contribution in [3.63, 3.8) is 0 Å². The van der Waals surface area contributed by atoms with E-state index in [-0.39, 0.29) is 5.97 Å². The third-order valence-electron chi connectivity index (χ3n) is 1.49. The van der Waals surface area contributed by atoms with E-state index in [1.165, 1.54) is 13.4 Å². The van der Waals surface area contributed by atoms with Gasteiger partial charge in [0.05, 0.1) is 19.9 Å². The van der Waals surface area contributed by atoms with Gasteiger partial charge in [0.1, 0.15) is 11.3 Å². The van der Waals surface area contributed by atoms with E-state index in [4.69, 9.17) is 4.42 Å². The number of hydrogen-bond acceptors (Lipinski definition) is 4. The van der Waals surface area contributed by atoms with Gasteiger partial charge in [0.2, 0.25) is 0 Å². The summed E-state index contributed by atoms with van der Waals surface area (Å²) in [6.07, 6.45) is 1.47. The Morgan fingerprint density at radius 3 is 3.08 bits per heavy atom. The number of hydrogen-bond donors (Lipinski definition) is 1. The fourth-order valence-corrected chi connectivity index (χ4v) is 0.930. The van der Waals surface area contributed by atoms with Crippen LogP contribution in [0.2, 0.25) is 0 Å². The Kier molecular flexibility index (Phi) is 2.88. The van der Waals surface area contributed by atoms with E-state index in [0.29, 0.717) is 17.9 Å². The minimum atomic E-state index is -0.367. The summed E-state index contributed by atoms with van der Waals surface area (Å²) in [6.45, 7) is 0.525. The van der Waals surface area contributed by atoms with Gasteiger partial charge in [0.25, 0.3) is 0 Å². The zero-order chi connectivity index (χ0) is 8.97. The normalized spacial score (nSPS) is 9.83. The molecule has 1 aromatic heterocycles. The first kappa shape index (κ1) is 8.80. The van der Waals surface area contributed by atoms with Crippen LogP contribution in [-0.2, 0) is 11.3 Å². The van der Waals surface area contributed by atoms with Gasteiger partial charge in [-0.3, -0.25) is 0 Å². The second-order valence-corrected chi connectivity index (χ2v) is 2.28. The SMILES string of the molecule is CNCc1occc1C(=O)OC. The molecular weight excluding hydrogens is 158 g/mol. The second-order valence-electron chi connectivity index (χ2n) is 2.28. The molecule has 0 aliphatic rings. The summed E-state index contributed by atoms with van der Waals surface area (Å²) >= 11 is 0. The number of ether oxygens (including phenoxy) is 1. The minimum absolute atomic E-state index is 0.367. The summed E-state index contributed by atoms with van der Waals surface area (Å²) in [5, 5.41) is 2.89. The van der Waals surface area contributed by atoms with Gasteiger partial charge in [-0.05, 0) is 13.1 Å². The summed E-state index contributed by atoms with van der Waals surface area (Å²) in [5.74, 6) is 0.235. The van der Waals surface area contributed by atoms with Crippen LogP contribution in [-0.4, -0.2) is 20.1 Å². The first-order chi connectivity index (χ1) is 5.79. The zero-order valence-electron chi connectivity index (χ0n) is 7.09. The summed E-state index contributed by atoms with van der Waals surface area (Å²) in [4.78, 5) is 11.1. The van der Waals surface area contributed by atoms with Crippen molar-refractivity contribution in [2.24, 2.45) is 0 Å². The number of nitrogens with one attached hydrogen (secondary N) is 1. The smallest absolute Gasteiger partial charge is 0.341 e. The van der Waals surface area contributed by atoms with Crippen LogP contribution >= 0.6 is 0 Å². The fourth-order valence-electron chi connectivity index (χ4n) is 0.930. The van der Waals surface area contributed by atoms with E-state index in [0.717, 1.165) is 0 Å². The molecule has 0 aliphatic heterocycles. The topological polar surface area (TPSA) is 51.5 Å². The number of rotatable bonds is 3. The lowest BCUT2D eigenvalue weighted by molar-refractivity contribution is 0.0598. The highest BCUT2D eigenvalue weighted by atomic mass is 16.5. The Balaban J connectivity index is 2.83. The predicted molar refractivity (Wildman–Crippen MR) is 42.8 cm³/mol. The van der Waals surface area contributed by atoms with E-state index < -0.39 is 0 Å². The molecule has 0 atom stereocenters. The zero-order valence-corrected chi connectivity index (χ0v) is 7.09. The summed E-state index contributed by atoms with van der Waals surface area (Å²) < 4.78 is 9.62. The Morgan fingerprint density at radius 1 is 1.75 bits per heavy atom. The molecule has 0 amide bonds. The highest BCUT2D eigenvalue weighted by molar-refractivity contribution is 5.90. The van der Waals surface area contributed by atoms with Gasteiger partial charge in [-0.1, -0.05) is 0 Å². The third kappa shape index (κ3) is 1.65. The third-order valence-corrected chi connectivity index (χ3v) is 1.49. The highest BCUT2D eigenvalue weighted by Gasteiger charge is 2.13. The standard InChI is InChI=1S/C8H11NO3/c1-9-5-7-6(3-4-12-7)8(10)11-2/h3-4,9H,5H2,1-2H3. The highest BCUT2D eigenvalue weighted by Crippen LogP contribution is 2.10. The monoisotopic (exact) mass is 169 g/mol. The first-order valence-electron chi connectivity index (χ1n) is 3.59. The van der Waals surface area contributed by atoms with Crippen molar-refractivity contribution in [2.45, 2.75) is 6.54 Å². The largest absolute Gasteiger partial charge is 0.467 e. The maximum atomic E-state index is 11.1. The molecule has 0 aromatic carbocycles.